The molecule has 2 N–H and O–H groups in total. The third-order valence-corrected chi connectivity index (χ3v) is 4.69. The highest BCUT2D eigenvalue weighted by Crippen LogP contribution is 2.41. The van der Waals surface area contributed by atoms with Gasteiger partial charge >= 0.3 is 6.18 Å². The molecule has 6 heteroatoms. The van der Waals surface area contributed by atoms with Crippen LogP contribution in [0.25, 0.3) is 0 Å². The second-order valence-electron chi connectivity index (χ2n) is 7.00. The van der Waals surface area contributed by atoms with Gasteiger partial charge < -0.3 is 15.3 Å². The summed E-state index contributed by atoms with van der Waals surface area (Å²) in [7, 11) is 0. The van der Waals surface area contributed by atoms with Crippen LogP contribution in [0.3, 0.4) is 0 Å². The summed E-state index contributed by atoms with van der Waals surface area (Å²) in [5.74, 6) is -0.836. The van der Waals surface area contributed by atoms with Crippen LogP contribution >= 0.6 is 0 Å². The van der Waals surface area contributed by atoms with Crippen molar-refractivity contribution in [2.24, 2.45) is 11.8 Å². The minimum absolute atomic E-state index is 0.0109. The van der Waals surface area contributed by atoms with E-state index in [-0.39, 0.29) is 25.6 Å². The Morgan fingerprint density at radius 2 is 1.86 bits per heavy atom. The topological polar surface area (TPSA) is 35.5 Å². The number of aliphatic hydroxyl groups excluding tert-OH is 1. The van der Waals surface area contributed by atoms with E-state index in [0.717, 1.165) is 12.8 Å². The standard InChI is InChI=1S/C15H27F3N2O/c1-11(2)19-14(10-21,12-5-6-12)9-20-7-3-4-13(8-20)15(16,17)18/h11-13,19,21H,3-10H2,1-2H3. The van der Waals surface area contributed by atoms with Crippen LogP contribution in [-0.4, -0.2) is 54.0 Å². The minimum Gasteiger partial charge on any atom is -0.394 e. The van der Waals surface area contributed by atoms with Crippen molar-refractivity contribution in [1.29, 1.82) is 0 Å². The molecule has 2 fully saturated rings. The van der Waals surface area contributed by atoms with Gasteiger partial charge in [-0.15, -0.1) is 0 Å². The lowest BCUT2D eigenvalue weighted by atomic mass is 9.89. The highest BCUT2D eigenvalue weighted by atomic mass is 19.4. The largest absolute Gasteiger partial charge is 0.394 e. The summed E-state index contributed by atoms with van der Waals surface area (Å²) in [5.41, 5.74) is -0.443. The molecule has 2 aliphatic rings. The van der Waals surface area contributed by atoms with Crippen molar-refractivity contribution in [1.82, 2.24) is 10.2 Å². The van der Waals surface area contributed by atoms with Gasteiger partial charge in [-0.1, -0.05) is 13.8 Å². The zero-order valence-corrected chi connectivity index (χ0v) is 12.9. The fraction of sp³-hybridized carbons (Fsp3) is 1.00. The highest BCUT2D eigenvalue weighted by Gasteiger charge is 2.48. The second kappa shape index (κ2) is 6.42. The summed E-state index contributed by atoms with van der Waals surface area (Å²) in [5, 5.41) is 13.3. The summed E-state index contributed by atoms with van der Waals surface area (Å²) in [4.78, 5) is 1.89. The number of nitrogens with one attached hydrogen (secondary N) is 1. The number of alkyl halides is 3. The van der Waals surface area contributed by atoms with Gasteiger partial charge in [0.1, 0.15) is 0 Å². The van der Waals surface area contributed by atoms with Gasteiger partial charge in [0, 0.05) is 19.1 Å². The second-order valence-corrected chi connectivity index (χ2v) is 7.00. The van der Waals surface area contributed by atoms with Crippen molar-refractivity contribution in [3.63, 3.8) is 0 Å². The number of piperidine rings is 1. The van der Waals surface area contributed by atoms with E-state index in [4.69, 9.17) is 0 Å². The average Bonchev–Trinajstić information content (AvgIpc) is 3.21. The van der Waals surface area contributed by atoms with Crippen LogP contribution in [0.4, 0.5) is 13.2 Å². The van der Waals surface area contributed by atoms with Crippen LogP contribution in [0.15, 0.2) is 0 Å². The van der Waals surface area contributed by atoms with Crippen molar-refractivity contribution in [2.45, 2.75) is 57.3 Å². The van der Waals surface area contributed by atoms with Crippen LogP contribution in [0.2, 0.25) is 0 Å². The Balaban J connectivity index is 2.02. The van der Waals surface area contributed by atoms with E-state index in [2.05, 4.69) is 5.32 Å². The Morgan fingerprint density at radius 1 is 1.19 bits per heavy atom. The highest BCUT2D eigenvalue weighted by molar-refractivity contribution is 5.04. The molecule has 0 aromatic heterocycles. The van der Waals surface area contributed by atoms with Crippen molar-refractivity contribution in [3.8, 4) is 0 Å². The van der Waals surface area contributed by atoms with Gasteiger partial charge in [0.25, 0.3) is 0 Å². The molecule has 2 rings (SSSR count). The lowest BCUT2D eigenvalue weighted by Gasteiger charge is -2.42. The lowest BCUT2D eigenvalue weighted by Crippen LogP contribution is -2.61. The monoisotopic (exact) mass is 308 g/mol. The first-order chi connectivity index (χ1) is 9.77. The summed E-state index contributed by atoms with van der Waals surface area (Å²) >= 11 is 0. The summed E-state index contributed by atoms with van der Waals surface area (Å²) in [6, 6.07) is 0.209. The number of nitrogens with zero attached hydrogens (tertiary/aromatic N) is 1. The van der Waals surface area contributed by atoms with Crippen molar-refractivity contribution >= 4 is 0 Å². The van der Waals surface area contributed by atoms with Gasteiger partial charge in [0.05, 0.1) is 18.1 Å². The Bertz CT molecular complexity index is 344. The molecule has 0 aromatic rings. The molecule has 2 unspecified atom stereocenters. The molecule has 1 aliphatic carbocycles. The normalized spacial score (nSPS) is 27.9. The zero-order chi connectivity index (χ0) is 15.7. The summed E-state index contributed by atoms with van der Waals surface area (Å²) in [6.45, 7) is 5.30. The molecular formula is C15H27F3N2O. The minimum atomic E-state index is -4.11. The van der Waals surface area contributed by atoms with E-state index in [1.54, 1.807) is 0 Å². The maximum atomic E-state index is 12.9. The Morgan fingerprint density at radius 3 is 2.33 bits per heavy atom. The average molecular weight is 308 g/mol. The fourth-order valence-corrected chi connectivity index (χ4v) is 3.59. The molecule has 2 atom stereocenters. The van der Waals surface area contributed by atoms with Crippen molar-refractivity contribution < 1.29 is 18.3 Å². The van der Waals surface area contributed by atoms with Gasteiger partial charge in [0.15, 0.2) is 0 Å². The molecule has 1 aliphatic heterocycles. The third kappa shape index (κ3) is 4.33. The first-order valence-corrected chi connectivity index (χ1v) is 7.94. The number of hydrogen-bond donors (Lipinski definition) is 2. The Kier molecular flexibility index (Phi) is 5.21. The van der Waals surface area contributed by atoms with E-state index in [0.29, 0.717) is 25.4 Å². The molecular weight excluding hydrogens is 281 g/mol. The first-order valence-electron chi connectivity index (χ1n) is 7.94. The fourth-order valence-electron chi connectivity index (χ4n) is 3.59. The predicted molar refractivity (Wildman–Crippen MR) is 76.0 cm³/mol. The van der Waals surface area contributed by atoms with E-state index < -0.39 is 17.6 Å². The molecule has 1 heterocycles. The van der Waals surface area contributed by atoms with E-state index >= 15 is 0 Å². The Labute approximate surface area is 124 Å². The number of aliphatic hydroxyl groups is 1. The molecule has 0 aromatic carbocycles. The van der Waals surface area contributed by atoms with Crippen molar-refractivity contribution in [2.75, 3.05) is 26.2 Å². The molecule has 0 radical (unpaired) electrons. The molecule has 21 heavy (non-hydrogen) atoms. The number of hydrogen-bond acceptors (Lipinski definition) is 3. The summed E-state index contributed by atoms with van der Waals surface area (Å²) in [6.07, 6.45) is -1.19. The molecule has 0 spiro atoms. The molecule has 124 valence electrons. The van der Waals surface area contributed by atoms with Crippen LogP contribution in [0, 0.1) is 11.8 Å². The molecule has 0 amide bonds. The van der Waals surface area contributed by atoms with Crippen molar-refractivity contribution in [3.05, 3.63) is 0 Å². The quantitative estimate of drug-likeness (QED) is 0.791. The maximum absolute atomic E-state index is 12.9. The first kappa shape index (κ1) is 17.0. The smallest absolute Gasteiger partial charge is 0.393 e. The van der Waals surface area contributed by atoms with Gasteiger partial charge in [-0.2, -0.15) is 13.2 Å². The summed E-state index contributed by atoms with van der Waals surface area (Å²) < 4.78 is 38.8. The van der Waals surface area contributed by atoms with E-state index in [1.165, 1.54) is 0 Å². The SMILES string of the molecule is CC(C)NC(CO)(CN1CCCC(C(F)(F)F)C1)C1CC1. The van der Waals surface area contributed by atoms with E-state index in [9.17, 15) is 18.3 Å². The molecule has 1 saturated heterocycles. The van der Waals surface area contributed by atoms with Gasteiger partial charge in [-0.05, 0) is 38.1 Å². The number of likely N-dealkylation sites (tertiary alicyclic amines) is 1. The third-order valence-electron chi connectivity index (χ3n) is 4.69. The Hall–Kier alpha value is -0.330. The van der Waals surface area contributed by atoms with Crippen LogP contribution in [-0.2, 0) is 0 Å². The van der Waals surface area contributed by atoms with Crippen LogP contribution < -0.4 is 5.32 Å². The lowest BCUT2D eigenvalue weighted by molar-refractivity contribution is -0.187. The van der Waals surface area contributed by atoms with Gasteiger partial charge in [-0.3, -0.25) is 0 Å². The maximum Gasteiger partial charge on any atom is 0.393 e. The number of rotatable bonds is 6. The molecule has 3 nitrogen and oxygen atoms in total. The molecule has 0 bridgehead atoms. The van der Waals surface area contributed by atoms with E-state index in [1.807, 2.05) is 18.7 Å². The van der Waals surface area contributed by atoms with Crippen LogP contribution in [0.1, 0.15) is 39.5 Å². The van der Waals surface area contributed by atoms with Gasteiger partial charge in [-0.25, -0.2) is 0 Å². The van der Waals surface area contributed by atoms with Crippen LogP contribution in [0.5, 0.6) is 0 Å². The van der Waals surface area contributed by atoms with Gasteiger partial charge in [0.2, 0.25) is 0 Å². The molecule has 1 saturated carbocycles. The predicted octanol–water partition coefficient (Wildman–Crippen LogP) is 2.40. The number of halogens is 3. The zero-order valence-electron chi connectivity index (χ0n) is 12.9.